The van der Waals surface area contributed by atoms with E-state index < -0.39 is 40.2 Å². The molecule has 0 spiro atoms. The SMILES string of the molecule is O=C(NC/C(F)=C1\COCc2cnn(-c3ccc(C(F)(F)F)cc3)c21)NS(=O)(=O)c1cc(Cl)c(Cl)s1. The van der Waals surface area contributed by atoms with Gasteiger partial charge >= 0.3 is 12.2 Å². The third kappa shape index (κ3) is 5.52. The van der Waals surface area contributed by atoms with Crippen LogP contribution >= 0.6 is 34.5 Å². The third-order valence-electron chi connectivity index (χ3n) is 4.92. The number of aromatic nitrogens is 2. The topological polar surface area (TPSA) is 102 Å². The Hall–Kier alpha value is -2.65. The molecule has 16 heteroatoms. The summed E-state index contributed by atoms with van der Waals surface area (Å²) < 4.78 is 86.4. The lowest BCUT2D eigenvalue weighted by Gasteiger charge is -2.20. The number of ether oxygens (including phenoxy) is 1. The predicted octanol–water partition coefficient (Wildman–Crippen LogP) is 5.16. The van der Waals surface area contributed by atoms with Gasteiger partial charge in [-0.25, -0.2) is 27.0 Å². The average molecular weight is 585 g/mol. The standard InChI is InChI=1S/C20H14Cl2F4N4O4S2/c21-14-5-16(35-18(14)22)36(32,33)29-19(31)27-7-15(23)13-9-34-8-10-6-28-30(17(10)13)12-3-1-11(2-4-12)20(24,25)26/h1-6H,7-9H2,(H2,27,29,31)/b15-13-. The molecule has 0 atom stereocenters. The van der Waals surface area contributed by atoms with E-state index in [1.807, 2.05) is 0 Å². The van der Waals surface area contributed by atoms with E-state index in [1.54, 1.807) is 4.72 Å². The normalized spacial score (nSPS) is 15.4. The smallest absolute Gasteiger partial charge is 0.372 e. The van der Waals surface area contributed by atoms with Gasteiger partial charge in [0.15, 0.2) is 0 Å². The Morgan fingerprint density at radius 1 is 1.19 bits per heavy atom. The minimum atomic E-state index is -4.52. The van der Waals surface area contributed by atoms with Crippen LogP contribution in [0.15, 0.2) is 46.6 Å². The highest BCUT2D eigenvalue weighted by Gasteiger charge is 2.31. The van der Waals surface area contributed by atoms with E-state index in [4.69, 9.17) is 27.9 Å². The molecule has 36 heavy (non-hydrogen) atoms. The molecule has 1 aliphatic rings. The number of fused-ring (bicyclic) bond motifs is 1. The second kappa shape index (κ2) is 10.0. The van der Waals surface area contributed by atoms with Crippen LogP contribution in [-0.2, 0) is 27.5 Å². The molecule has 0 saturated carbocycles. The summed E-state index contributed by atoms with van der Waals surface area (Å²) in [6.45, 7) is -0.826. The van der Waals surface area contributed by atoms with Crippen molar-refractivity contribution in [2.75, 3.05) is 13.2 Å². The van der Waals surface area contributed by atoms with Gasteiger partial charge in [0.25, 0.3) is 10.0 Å². The van der Waals surface area contributed by atoms with Gasteiger partial charge in [-0.15, -0.1) is 11.3 Å². The summed E-state index contributed by atoms with van der Waals surface area (Å²) in [6, 6.07) is 4.00. The van der Waals surface area contributed by atoms with Gasteiger partial charge in [0.05, 0.1) is 47.9 Å². The first-order valence-electron chi connectivity index (χ1n) is 9.82. The van der Waals surface area contributed by atoms with Gasteiger partial charge in [-0.05, 0) is 30.3 Å². The summed E-state index contributed by atoms with van der Waals surface area (Å²) in [5.74, 6) is -0.862. The van der Waals surface area contributed by atoms with Crippen LogP contribution in [0.1, 0.15) is 16.8 Å². The Balaban J connectivity index is 1.53. The largest absolute Gasteiger partial charge is 0.416 e. The van der Waals surface area contributed by atoms with E-state index in [9.17, 15) is 26.4 Å². The number of alkyl halides is 3. The van der Waals surface area contributed by atoms with E-state index in [2.05, 4.69) is 10.4 Å². The Morgan fingerprint density at radius 3 is 2.50 bits per heavy atom. The maximum atomic E-state index is 15.1. The molecular formula is C20H14Cl2F4N4O4S2. The van der Waals surface area contributed by atoms with E-state index in [0.717, 1.165) is 18.2 Å². The summed E-state index contributed by atoms with van der Waals surface area (Å²) in [5.41, 5.74) is 0.130. The highest BCUT2D eigenvalue weighted by atomic mass is 35.5. The number of thiophene rings is 1. The van der Waals surface area contributed by atoms with E-state index in [-0.39, 0.29) is 43.7 Å². The average Bonchev–Trinajstić information content (AvgIpc) is 3.40. The van der Waals surface area contributed by atoms with Gasteiger partial charge in [-0.3, -0.25) is 0 Å². The lowest BCUT2D eigenvalue weighted by atomic mass is 10.1. The Kier molecular flexibility index (Phi) is 7.35. The number of urea groups is 1. The van der Waals surface area contributed by atoms with Crippen LogP contribution in [0.2, 0.25) is 9.36 Å². The number of nitrogens with one attached hydrogen (secondary N) is 2. The number of benzene rings is 1. The molecule has 3 aromatic rings. The lowest BCUT2D eigenvalue weighted by Crippen LogP contribution is -2.39. The van der Waals surface area contributed by atoms with Crippen LogP contribution in [0, 0.1) is 0 Å². The molecule has 0 radical (unpaired) electrons. The monoisotopic (exact) mass is 584 g/mol. The van der Waals surface area contributed by atoms with Crippen molar-refractivity contribution in [1.82, 2.24) is 19.8 Å². The molecule has 0 fully saturated rings. The van der Waals surface area contributed by atoms with Crippen LogP contribution in [0.25, 0.3) is 11.3 Å². The van der Waals surface area contributed by atoms with Crippen molar-refractivity contribution in [3.05, 3.63) is 68.5 Å². The van der Waals surface area contributed by atoms with Crippen LogP contribution in [0.5, 0.6) is 0 Å². The molecule has 0 bridgehead atoms. The quantitative estimate of drug-likeness (QED) is 0.403. The van der Waals surface area contributed by atoms with E-state index >= 15 is 4.39 Å². The molecule has 3 heterocycles. The van der Waals surface area contributed by atoms with Crippen molar-refractivity contribution in [2.24, 2.45) is 0 Å². The van der Waals surface area contributed by atoms with E-state index in [1.165, 1.54) is 23.0 Å². The molecule has 1 aliphatic heterocycles. The molecule has 1 aromatic carbocycles. The first kappa shape index (κ1) is 26.4. The van der Waals surface area contributed by atoms with Crippen molar-refractivity contribution >= 4 is 56.2 Å². The zero-order chi connectivity index (χ0) is 26.3. The van der Waals surface area contributed by atoms with Gasteiger partial charge in [0.1, 0.15) is 14.4 Å². The number of sulfonamides is 1. The molecular weight excluding hydrogens is 571 g/mol. The first-order valence-corrected chi connectivity index (χ1v) is 12.9. The zero-order valence-corrected chi connectivity index (χ0v) is 20.8. The fourth-order valence-corrected chi connectivity index (χ4v) is 6.08. The molecule has 8 nitrogen and oxygen atoms in total. The summed E-state index contributed by atoms with van der Waals surface area (Å²) >= 11 is 12.1. The molecule has 0 unspecified atom stereocenters. The fourth-order valence-electron chi connectivity index (χ4n) is 3.27. The Morgan fingerprint density at radius 2 is 1.89 bits per heavy atom. The Bertz CT molecular complexity index is 1430. The van der Waals surface area contributed by atoms with Crippen LogP contribution in [0.3, 0.4) is 0 Å². The number of hydrogen-bond acceptors (Lipinski definition) is 6. The minimum Gasteiger partial charge on any atom is -0.372 e. The van der Waals surface area contributed by atoms with Gasteiger partial charge in [0.2, 0.25) is 0 Å². The van der Waals surface area contributed by atoms with Gasteiger partial charge < -0.3 is 10.1 Å². The van der Waals surface area contributed by atoms with Crippen LogP contribution in [-0.4, -0.2) is 37.4 Å². The molecule has 0 aliphatic carbocycles. The molecule has 192 valence electrons. The molecule has 2 aromatic heterocycles. The molecule has 2 amide bonds. The zero-order valence-electron chi connectivity index (χ0n) is 17.7. The number of halogens is 6. The van der Waals surface area contributed by atoms with Gasteiger partial charge in [-0.1, -0.05) is 23.2 Å². The number of hydrogen-bond donors (Lipinski definition) is 2. The van der Waals surface area contributed by atoms with Crippen molar-refractivity contribution in [3.8, 4) is 5.69 Å². The highest BCUT2D eigenvalue weighted by Crippen LogP contribution is 2.35. The number of amides is 2. The highest BCUT2D eigenvalue weighted by molar-refractivity contribution is 7.92. The first-order chi connectivity index (χ1) is 16.9. The molecule has 0 saturated heterocycles. The predicted molar refractivity (Wildman–Crippen MR) is 124 cm³/mol. The van der Waals surface area contributed by atoms with Crippen LogP contribution < -0.4 is 10.0 Å². The van der Waals surface area contributed by atoms with Crippen molar-refractivity contribution < 1.29 is 35.5 Å². The van der Waals surface area contributed by atoms with Crippen molar-refractivity contribution in [3.63, 3.8) is 0 Å². The maximum Gasteiger partial charge on any atom is 0.416 e. The number of carbonyl (C=O) groups excluding carboxylic acids is 1. The second-order valence-corrected chi connectivity index (χ2v) is 11.3. The van der Waals surface area contributed by atoms with Crippen LogP contribution in [0.4, 0.5) is 22.4 Å². The fraction of sp³-hybridized carbons (Fsp3) is 0.200. The lowest BCUT2D eigenvalue weighted by molar-refractivity contribution is -0.137. The molecule has 4 rings (SSSR count). The summed E-state index contributed by atoms with van der Waals surface area (Å²) in [4.78, 5) is 12.1. The van der Waals surface area contributed by atoms with Gasteiger partial charge in [0, 0.05) is 11.1 Å². The maximum absolute atomic E-state index is 15.1. The van der Waals surface area contributed by atoms with E-state index in [0.29, 0.717) is 16.9 Å². The summed E-state index contributed by atoms with van der Waals surface area (Å²) in [7, 11) is -4.30. The van der Waals surface area contributed by atoms with Gasteiger partial charge in [-0.2, -0.15) is 18.3 Å². The summed E-state index contributed by atoms with van der Waals surface area (Å²) in [6.07, 6.45) is -3.13. The van der Waals surface area contributed by atoms with Crippen molar-refractivity contribution in [2.45, 2.75) is 17.0 Å². The third-order valence-corrected chi connectivity index (χ3v) is 8.59. The second-order valence-electron chi connectivity index (χ2n) is 7.33. The number of nitrogens with zero attached hydrogens (tertiary/aromatic N) is 2. The number of carbonyl (C=O) groups is 1. The molecule has 2 N–H and O–H groups in total. The Labute approximate surface area is 215 Å². The minimum absolute atomic E-state index is 0.00371. The number of rotatable bonds is 5. The van der Waals surface area contributed by atoms with Crippen molar-refractivity contribution in [1.29, 1.82) is 0 Å². The summed E-state index contributed by atoms with van der Waals surface area (Å²) in [5, 5.41) is 6.23.